The van der Waals surface area contributed by atoms with Crippen molar-refractivity contribution in [3.05, 3.63) is 43.8 Å². The molecule has 1 fully saturated rings. The van der Waals surface area contributed by atoms with Crippen molar-refractivity contribution < 1.29 is 14.3 Å². The number of methoxy groups -OCH3 is 1. The number of benzene rings is 1. The highest BCUT2D eigenvalue weighted by molar-refractivity contribution is 9.10. The lowest BCUT2D eigenvalue weighted by Gasteiger charge is -2.25. The lowest BCUT2D eigenvalue weighted by atomic mass is 9.81. The van der Waals surface area contributed by atoms with Gasteiger partial charge < -0.3 is 14.5 Å². The molecule has 28 heavy (non-hydrogen) atoms. The van der Waals surface area contributed by atoms with Crippen LogP contribution in [0, 0.1) is 0 Å². The normalized spacial score (nSPS) is 20.8. The maximum atomic E-state index is 13.1. The van der Waals surface area contributed by atoms with E-state index in [0.29, 0.717) is 29.0 Å². The number of carbonyl (C=O) groups excluding carboxylic acids is 2. The summed E-state index contributed by atoms with van der Waals surface area (Å²) in [4.78, 5) is 33.3. The van der Waals surface area contributed by atoms with Gasteiger partial charge in [0.2, 0.25) is 11.8 Å². The van der Waals surface area contributed by atoms with Crippen LogP contribution in [-0.2, 0) is 26.2 Å². The van der Waals surface area contributed by atoms with Gasteiger partial charge in [-0.05, 0) is 30.2 Å². The predicted octanol–water partition coefficient (Wildman–Crippen LogP) is 3.26. The molecule has 148 valence electrons. The fourth-order valence-corrected chi connectivity index (χ4v) is 5.42. The molecule has 1 unspecified atom stereocenters. The Bertz CT molecular complexity index is 937. The van der Waals surface area contributed by atoms with Crippen molar-refractivity contribution in [3.8, 4) is 0 Å². The van der Waals surface area contributed by atoms with Gasteiger partial charge in [-0.3, -0.25) is 9.59 Å². The summed E-state index contributed by atoms with van der Waals surface area (Å²) < 4.78 is 6.55. The Hall–Kier alpha value is -1.48. The number of anilines is 1. The number of hydrogen-bond acceptors (Lipinski definition) is 5. The number of hydrogen-bond donors (Lipinski definition) is 0. The summed E-state index contributed by atoms with van der Waals surface area (Å²) in [6, 6.07) is 5.99. The molecule has 2 aromatic rings. The minimum Gasteiger partial charge on any atom is -0.375 e. The smallest absolute Gasteiger partial charge is 0.248 e. The van der Waals surface area contributed by atoms with Gasteiger partial charge in [0.25, 0.3) is 0 Å². The van der Waals surface area contributed by atoms with Crippen molar-refractivity contribution in [2.45, 2.75) is 18.3 Å². The fraction of sp³-hybridized carbons (Fsp3) is 0.421. The third-order valence-electron chi connectivity index (χ3n) is 5.38. The second kappa shape index (κ2) is 7.74. The van der Waals surface area contributed by atoms with E-state index >= 15 is 0 Å². The molecule has 2 amide bonds. The molecule has 0 N–H and O–H groups in total. The van der Waals surface area contributed by atoms with E-state index in [2.05, 4.69) is 27.0 Å². The average molecular weight is 485 g/mol. The third-order valence-corrected chi connectivity index (χ3v) is 6.99. The summed E-state index contributed by atoms with van der Waals surface area (Å²) in [7, 11) is 1.52. The van der Waals surface area contributed by atoms with Crippen molar-refractivity contribution in [2.75, 3.05) is 38.3 Å². The van der Waals surface area contributed by atoms with E-state index in [4.69, 9.17) is 16.3 Å². The lowest BCUT2D eigenvalue weighted by molar-refractivity contribution is -0.134. The van der Waals surface area contributed by atoms with Crippen LogP contribution in [0.25, 0.3) is 0 Å². The van der Waals surface area contributed by atoms with Crippen LogP contribution in [0.1, 0.15) is 17.0 Å². The van der Waals surface area contributed by atoms with E-state index in [1.165, 1.54) is 18.4 Å². The molecule has 9 heteroatoms. The van der Waals surface area contributed by atoms with Crippen LogP contribution in [0.4, 0.5) is 5.69 Å². The standard InChI is InChI=1S/C19H19BrClN3O3S/c1-27-9-18(26)23-5-4-19(10-23)11-24(14-3-2-12(20)6-13(14)19)17(25)7-16-22-8-15(21)28-16/h2-3,6,8H,4-5,7,9-11H2,1H3. The Morgan fingerprint density at radius 1 is 1.36 bits per heavy atom. The molecule has 6 nitrogen and oxygen atoms in total. The van der Waals surface area contributed by atoms with E-state index < -0.39 is 0 Å². The number of aromatic nitrogens is 1. The first-order valence-corrected chi connectivity index (χ1v) is 10.9. The molecular weight excluding hydrogens is 466 g/mol. The molecule has 0 aliphatic carbocycles. The molecule has 1 saturated heterocycles. The second-order valence-corrected chi connectivity index (χ2v) is 9.82. The molecule has 1 atom stereocenters. The average Bonchev–Trinajstić information content (AvgIpc) is 3.35. The lowest BCUT2D eigenvalue weighted by Crippen LogP contribution is -2.41. The summed E-state index contributed by atoms with van der Waals surface area (Å²) in [5, 5.41) is 0.706. The molecule has 1 aromatic heterocycles. The maximum absolute atomic E-state index is 13.1. The Kier molecular flexibility index (Phi) is 5.48. The second-order valence-electron chi connectivity index (χ2n) is 7.15. The summed E-state index contributed by atoms with van der Waals surface area (Å²) in [6.45, 7) is 1.89. The highest BCUT2D eigenvalue weighted by Gasteiger charge is 2.49. The van der Waals surface area contributed by atoms with Crippen molar-refractivity contribution >= 4 is 56.4 Å². The highest BCUT2D eigenvalue weighted by atomic mass is 79.9. The number of halogens is 2. The number of nitrogens with zero attached hydrogens (tertiary/aromatic N) is 3. The predicted molar refractivity (Wildman–Crippen MR) is 112 cm³/mol. The minimum absolute atomic E-state index is 0.00636. The quantitative estimate of drug-likeness (QED) is 0.668. The number of carbonyl (C=O) groups is 2. The Balaban J connectivity index is 1.62. The van der Waals surface area contributed by atoms with Crippen molar-refractivity contribution in [1.29, 1.82) is 0 Å². The van der Waals surface area contributed by atoms with Crippen LogP contribution in [0.5, 0.6) is 0 Å². The van der Waals surface area contributed by atoms with Gasteiger partial charge in [0, 0.05) is 42.3 Å². The van der Waals surface area contributed by atoms with Gasteiger partial charge in [0.1, 0.15) is 16.0 Å². The fourth-order valence-electron chi connectivity index (χ4n) is 4.11. The van der Waals surface area contributed by atoms with E-state index in [-0.39, 0.29) is 30.3 Å². The summed E-state index contributed by atoms with van der Waals surface area (Å²) in [5.74, 6) is -0.0220. The van der Waals surface area contributed by atoms with Crippen LogP contribution >= 0.6 is 38.9 Å². The van der Waals surface area contributed by atoms with E-state index in [1.54, 1.807) is 6.20 Å². The van der Waals surface area contributed by atoms with Gasteiger partial charge in [-0.15, -0.1) is 11.3 Å². The van der Waals surface area contributed by atoms with Gasteiger partial charge in [-0.2, -0.15) is 0 Å². The molecule has 2 aliphatic heterocycles. The molecule has 1 aromatic carbocycles. The van der Waals surface area contributed by atoms with E-state index in [9.17, 15) is 9.59 Å². The van der Waals surface area contributed by atoms with Gasteiger partial charge in [-0.25, -0.2) is 4.98 Å². The number of amides is 2. The molecule has 0 bridgehead atoms. The van der Waals surface area contributed by atoms with Crippen LogP contribution < -0.4 is 4.90 Å². The number of fused-ring (bicyclic) bond motifs is 2. The highest BCUT2D eigenvalue weighted by Crippen LogP contribution is 2.47. The minimum atomic E-state index is -0.251. The van der Waals surface area contributed by atoms with Crippen LogP contribution in [0.2, 0.25) is 4.34 Å². The van der Waals surface area contributed by atoms with Gasteiger partial charge >= 0.3 is 0 Å². The van der Waals surface area contributed by atoms with Gasteiger partial charge in [0.15, 0.2) is 0 Å². The number of thiazole rings is 1. The summed E-state index contributed by atoms with van der Waals surface area (Å²) >= 11 is 10.8. The zero-order chi connectivity index (χ0) is 19.9. The molecule has 3 heterocycles. The summed E-state index contributed by atoms with van der Waals surface area (Å²) in [6.07, 6.45) is 2.61. The Morgan fingerprint density at radius 3 is 2.89 bits per heavy atom. The zero-order valence-electron chi connectivity index (χ0n) is 15.3. The van der Waals surface area contributed by atoms with Gasteiger partial charge in [-0.1, -0.05) is 27.5 Å². The van der Waals surface area contributed by atoms with Crippen molar-refractivity contribution in [1.82, 2.24) is 9.88 Å². The largest absolute Gasteiger partial charge is 0.375 e. The molecule has 0 radical (unpaired) electrons. The Labute approximate surface area is 180 Å². The monoisotopic (exact) mass is 483 g/mol. The molecule has 0 saturated carbocycles. The first-order valence-electron chi connectivity index (χ1n) is 8.89. The topological polar surface area (TPSA) is 62.7 Å². The van der Waals surface area contributed by atoms with E-state index in [1.807, 2.05) is 21.9 Å². The molecule has 2 aliphatic rings. The SMILES string of the molecule is COCC(=O)N1CCC2(C1)CN(C(=O)Cc1ncc(Cl)s1)c1ccc(Br)cc12. The van der Waals surface area contributed by atoms with Crippen molar-refractivity contribution in [3.63, 3.8) is 0 Å². The number of likely N-dealkylation sites (tertiary alicyclic amines) is 1. The van der Waals surface area contributed by atoms with Gasteiger partial charge in [0.05, 0.1) is 12.6 Å². The van der Waals surface area contributed by atoms with Crippen LogP contribution in [0.3, 0.4) is 0 Å². The first-order chi connectivity index (χ1) is 13.4. The zero-order valence-corrected chi connectivity index (χ0v) is 18.4. The molecule has 4 rings (SSSR count). The van der Waals surface area contributed by atoms with Crippen LogP contribution in [-0.4, -0.2) is 55.0 Å². The van der Waals surface area contributed by atoms with Crippen LogP contribution in [0.15, 0.2) is 28.9 Å². The maximum Gasteiger partial charge on any atom is 0.248 e. The Morgan fingerprint density at radius 2 is 2.18 bits per heavy atom. The number of ether oxygens (including phenoxy) is 1. The first kappa shape index (κ1) is 19.8. The third kappa shape index (κ3) is 3.58. The number of rotatable bonds is 4. The van der Waals surface area contributed by atoms with Crippen molar-refractivity contribution in [2.24, 2.45) is 0 Å². The summed E-state index contributed by atoms with van der Waals surface area (Å²) in [5.41, 5.74) is 1.77. The molecule has 1 spiro atoms. The molecular formula is C19H19BrClN3O3S. The van der Waals surface area contributed by atoms with E-state index in [0.717, 1.165) is 22.1 Å².